The van der Waals surface area contributed by atoms with Gasteiger partial charge in [0.25, 0.3) is 0 Å². The van der Waals surface area contributed by atoms with Gasteiger partial charge in [-0.1, -0.05) is 43.2 Å². The minimum absolute atomic E-state index is 0.0648. The van der Waals surface area contributed by atoms with Crippen LogP contribution in [-0.2, 0) is 4.79 Å². The van der Waals surface area contributed by atoms with Crippen molar-refractivity contribution in [2.24, 2.45) is 0 Å². The molecule has 0 aromatic rings. The van der Waals surface area contributed by atoms with Crippen molar-refractivity contribution in [1.82, 2.24) is 10.2 Å². The number of nitrogens with zero attached hydrogens (tertiary/aromatic N) is 2. The molecule has 0 radical (unpaired) electrons. The summed E-state index contributed by atoms with van der Waals surface area (Å²) < 4.78 is 0.810. The first-order chi connectivity index (χ1) is 10.1. The van der Waals surface area contributed by atoms with E-state index < -0.39 is 5.54 Å². The Morgan fingerprint density at radius 1 is 1.29 bits per heavy atom. The van der Waals surface area contributed by atoms with Gasteiger partial charge in [0.2, 0.25) is 5.91 Å². The van der Waals surface area contributed by atoms with Crippen molar-refractivity contribution in [2.45, 2.75) is 62.7 Å². The number of likely N-dealkylation sites (tertiary alicyclic amines) is 1. The SMILES string of the molecule is CC(SC(=S)N1CCCC1)C(=O)NC1(C#N)CCCCC1. The zero-order chi connectivity index (χ0) is 15.3. The molecule has 0 spiro atoms. The molecule has 21 heavy (non-hydrogen) atoms. The first kappa shape index (κ1) is 16.6. The molecule has 1 heterocycles. The van der Waals surface area contributed by atoms with Gasteiger partial charge in [-0.15, -0.1) is 0 Å². The molecule has 116 valence electrons. The van der Waals surface area contributed by atoms with Crippen LogP contribution in [0.4, 0.5) is 0 Å². The van der Waals surface area contributed by atoms with Gasteiger partial charge < -0.3 is 10.2 Å². The summed E-state index contributed by atoms with van der Waals surface area (Å²) in [5.74, 6) is -0.0648. The topological polar surface area (TPSA) is 56.1 Å². The minimum atomic E-state index is -0.653. The Labute approximate surface area is 136 Å². The van der Waals surface area contributed by atoms with Gasteiger partial charge in [0.1, 0.15) is 9.86 Å². The van der Waals surface area contributed by atoms with Crippen molar-refractivity contribution < 1.29 is 4.79 Å². The summed E-state index contributed by atoms with van der Waals surface area (Å²) in [4.78, 5) is 14.5. The quantitative estimate of drug-likeness (QED) is 0.809. The first-order valence-corrected chi connectivity index (χ1v) is 9.04. The summed E-state index contributed by atoms with van der Waals surface area (Å²) in [6, 6.07) is 2.33. The van der Waals surface area contributed by atoms with Gasteiger partial charge in [0.05, 0.1) is 11.3 Å². The van der Waals surface area contributed by atoms with Gasteiger partial charge in [-0.2, -0.15) is 5.26 Å². The highest BCUT2D eigenvalue weighted by Gasteiger charge is 2.35. The minimum Gasteiger partial charge on any atom is -0.358 e. The number of thiocarbonyl (C=S) groups is 1. The summed E-state index contributed by atoms with van der Waals surface area (Å²) in [6.45, 7) is 3.88. The van der Waals surface area contributed by atoms with Crippen LogP contribution < -0.4 is 5.32 Å². The van der Waals surface area contributed by atoms with Crippen LogP contribution in [0.15, 0.2) is 0 Å². The summed E-state index contributed by atoms with van der Waals surface area (Å²) in [5.41, 5.74) is -0.653. The molecular formula is C15H23N3OS2. The summed E-state index contributed by atoms with van der Waals surface area (Å²) in [7, 11) is 0. The van der Waals surface area contributed by atoms with Gasteiger partial charge in [-0.3, -0.25) is 4.79 Å². The Morgan fingerprint density at radius 2 is 1.90 bits per heavy atom. The molecule has 0 aromatic carbocycles. The summed E-state index contributed by atoms with van der Waals surface area (Å²) in [5, 5.41) is 12.2. The largest absolute Gasteiger partial charge is 0.358 e. The predicted octanol–water partition coefficient (Wildman–Crippen LogP) is 2.83. The Hall–Kier alpha value is -0.800. The van der Waals surface area contributed by atoms with E-state index in [1.54, 1.807) is 0 Å². The lowest BCUT2D eigenvalue weighted by molar-refractivity contribution is -0.121. The highest BCUT2D eigenvalue weighted by Crippen LogP contribution is 2.28. The van der Waals surface area contributed by atoms with Gasteiger partial charge in [0.15, 0.2) is 0 Å². The third kappa shape index (κ3) is 4.33. The summed E-state index contributed by atoms with van der Waals surface area (Å²) in [6.07, 6.45) is 7.08. The number of hydrogen-bond acceptors (Lipinski definition) is 4. The molecule has 1 aliphatic carbocycles. The maximum absolute atomic E-state index is 12.4. The lowest BCUT2D eigenvalue weighted by Crippen LogP contribution is -2.51. The number of carbonyl (C=O) groups is 1. The smallest absolute Gasteiger partial charge is 0.234 e. The fraction of sp³-hybridized carbons (Fsp3) is 0.800. The van der Waals surface area contributed by atoms with Crippen molar-refractivity contribution >= 4 is 34.2 Å². The first-order valence-electron chi connectivity index (χ1n) is 7.75. The molecule has 1 unspecified atom stereocenters. The fourth-order valence-corrected chi connectivity index (χ4v) is 4.35. The molecule has 6 heteroatoms. The van der Waals surface area contributed by atoms with Crippen molar-refractivity contribution in [3.05, 3.63) is 0 Å². The van der Waals surface area contributed by atoms with Crippen LogP contribution in [0.1, 0.15) is 51.9 Å². The monoisotopic (exact) mass is 325 g/mol. The number of nitriles is 1. The molecule has 2 aliphatic rings. The van der Waals surface area contributed by atoms with Gasteiger partial charge in [-0.25, -0.2) is 0 Å². The average molecular weight is 326 g/mol. The van der Waals surface area contributed by atoms with E-state index in [-0.39, 0.29) is 11.2 Å². The third-order valence-electron chi connectivity index (χ3n) is 4.29. The normalized spacial score (nSPS) is 22.4. The van der Waals surface area contributed by atoms with E-state index in [0.717, 1.165) is 49.5 Å². The van der Waals surface area contributed by atoms with E-state index in [0.29, 0.717) is 0 Å². The molecule has 1 saturated heterocycles. The lowest BCUT2D eigenvalue weighted by atomic mass is 9.83. The maximum atomic E-state index is 12.4. The van der Waals surface area contributed by atoms with Crippen molar-refractivity contribution in [1.29, 1.82) is 5.26 Å². The van der Waals surface area contributed by atoms with Crippen LogP contribution in [0.5, 0.6) is 0 Å². The number of carbonyl (C=O) groups excluding carboxylic acids is 1. The lowest BCUT2D eigenvalue weighted by Gasteiger charge is -2.32. The molecule has 1 saturated carbocycles. The Kier molecular flexibility index (Phi) is 5.88. The van der Waals surface area contributed by atoms with E-state index >= 15 is 0 Å². The molecule has 1 amide bonds. The van der Waals surface area contributed by atoms with Crippen molar-refractivity contribution in [3.63, 3.8) is 0 Å². The van der Waals surface area contributed by atoms with Crippen LogP contribution in [-0.4, -0.2) is 39.0 Å². The van der Waals surface area contributed by atoms with E-state index in [1.807, 2.05) is 6.92 Å². The Balaban J connectivity index is 1.86. The van der Waals surface area contributed by atoms with Crippen molar-refractivity contribution in [3.8, 4) is 6.07 Å². The average Bonchev–Trinajstić information content (AvgIpc) is 3.02. The molecule has 2 fully saturated rings. The zero-order valence-electron chi connectivity index (χ0n) is 12.6. The second kappa shape index (κ2) is 7.46. The van der Waals surface area contributed by atoms with Crippen LogP contribution in [0.2, 0.25) is 0 Å². The molecule has 4 nitrogen and oxygen atoms in total. The summed E-state index contributed by atoms with van der Waals surface area (Å²) >= 11 is 6.85. The number of hydrogen-bond donors (Lipinski definition) is 1. The number of rotatable bonds is 3. The van der Waals surface area contributed by atoms with Gasteiger partial charge in [0, 0.05) is 13.1 Å². The molecule has 1 atom stereocenters. The molecule has 0 bridgehead atoms. The number of amides is 1. The Morgan fingerprint density at radius 3 is 2.48 bits per heavy atom. The van der Waals surface area contributed by atoms with Gasteiger partial charge in [-0.05, 0) is 32.6 Å². The standard InChI is InChI=1S/C15H23N3OS2/c1-12(21-14(20)18-9-5-6-10-18)13(19)17-15(11-16)7-3-2-4-8-15/h12H,2-10H2,1H3,(H,17,19). The molecular weight excluding hydrogens is 302 g/mol. The van der Waals surface area contributed by atoms with Crippen LogP contribution >= 0.6 is 24.0 Å². The van der Waals surface area contributed by atoms with Gasteiger partial charge >= 0.3 is 0 Å². The highest BCUT2D eigenvalue weighted by molar-refractivity contribution is 8.23. The van der Waals surface area contributed by atoms with E-state index in [2.05, 4.69) is 16.3 Å². The molecule has 1 aliphatic heterocycles. The van der Waals surface area contributed by atoms with Crippen molar-refractivity contribution in [2.75, 3.05) is 13.1 Å². The Bertz CT molecular complexity index is 435. The zero-order valence-corrected chi connectivity index (χ0v) is 14.2. The second-order valence-corrected chi connectivity index (χ2v) is 7.94. The fourth-order valence-electron chi connectivity index (χ4n) is 2.94. The molecule has 0 aromatic heterocycles. The van der Waals surface area contributed by atoms with Crippen LogP contribution in [0.25, 0.3) is 0 Å². The highest BCUT2D eigenvalue weighted by atomic mass is 32.2. The maximum Gasteiger partial charge on any atom is 0.234 e. The second-order valence-electron chi connectivity index (χ2n) is 5.96. The third-order valence-corrected chi connectivity index (χ3v) is 5.87. The molecule has 2 rings (SSSR count). The van der Waals surface area contributed by atoms with E-state index in [1.165, 1.54) is 24.6 Å². The van der Waals surface area contributed by atoms with Crippen LogP contribution in [0, 0.1) is 11.3 Å². The predicted molar refractivity (Wildman–Crippen MR) is 90.0 cm³/mol. The molecule has 1 N–H and O–H groups in total. The number of thioether (sulfide) groups is 1. The van der Waals surface area contributed by atoms with Crippen LogP contribution in [0.3, 0.4) is 0 Å². The van der Waals surface area contributed by atoms with E-state index in [9.17, 15) is 10.1 Å². The number of nitrogens with one attached hydrogen (secondary N) is 1. The van der Waals surface area contributed by atoms with E-state index in [4.69, 9.17) is 12.2 Å².